The summed E-state index contributed by atoms with van der Waals surface area (Å²) >= 11 is 0. The summed E-state index contributed by atoms with van der Waals surface area (Å²) in [4.78, 5) is 26.0. The largest absolute Gasteiger partial charge is 0.481 e. The summed E-state index contributed by atoms with van der Waals surface area (Å²) in [6.45, 7) is 13.3. The Morgan fingerprint density at radius 3 is 2.73 bits per heavy atom. The van der Waals surface area contributed by atoms with E-state index in [9.17, 15) is 18.7 Å². The molecule has 6 nitrogen and oxygen atoms in total. The second-order valence-corrected chi connectivity index (χ2v) is 7.99. The van der Waals surface area contributed by atoms with E-state index < -0.39 is 17.6 Å². The average Bonchev–Trinajstić information content (AvgIpc) is 3.10. The standard InChI is InChI=1S/C22H22F2N4O2/c1-5-22(2,3)12(7-19(29)30)6-17-16(24)9-18(25-4)20(28-17)15-11-27-21-14(15)8-13(23)10-26-21/h8-12H,5-7H2,1-3H3,(H,26,27)(H,29,30). The van der Waals surface area contributed by atoms with Gasteiger partial charge in [-0.15, -0.1) is 0 Å². The van der Waals surface area contributed by atoms with Crippen LogP contribution in [-0.2, 0) is 11.2 Å². The molecule has 0 spiro atoms. The molecule has 156 valence electrons. The van der Waals surface area contributed by atoms with Crippen LogP contribution in [0.5, 0.6) is 0 Å². The highest BCUT2D eigenvalue weighted by Gasteiger charge is 2.31. The highest BCUT2D eigenvalue weighted by atomic mass is 19.1. The molecule has 3 rings (SSSR count). The lowest BCUT2D eigenvalue weighted by Crippen LogP contribution is -2.28. The summed E-state index contributed by atoms with van der Waals surface area (Å²) in [5.74, 6) is -2.51. The van der Waals surface area contributed by atoms with E-state index in [-0.39, 0.29) is 41.2 Å². The third-order valence-electron chi connectivity index (χ3n) is 5.78. The van der Waals surface area contributed by atoms with Crippen molar-refractivity contribution in [3.05, 3.63) is 53.3 Å². The maximum atomic E-state index is 14.8. The number of H-pyrrole nitrogens is 1. The molecule has 0 aliphatic heterocycles. The Labute approximate surface area is 172 Å². The van der Waals surface area contributed by atoms with Crippen molar-refractivity contribution in [2.75, 3.05) is 0 Å². The summed E-state index contributed by atoms with van der Waals surface area (Å²) in [5, 5.41) is 9.75. The van der Waals surface area contributed by atoms with Crippen molar-refractivity contribution >= 4 is 22.7 Å². The summed E-state index contributed by atoms with van der Waals surface area (Å²) in [6.07, 6.45) is 3.34. The molecule has 0 amide bonds. The van der Waals surface area contributed by atoms with E-state index in [2.05, 4.69) is 19.8 Å². The Balaban J connectivity index is 2.12. The van der Waals surface area contributed by atoms with Gasteiger partial charge in [-0.2, -0.15) is 0 Å². The Morgan fingerprint density at radius 2 is 2.10 bits per heavy atom. The number of carboxylic acid groups (broad SMARTS) is 1. The number of nitrogens with zero attached hydrogens (tertiary/aromatic N) is 3. The first-order valence-electron chi connectivity index (χ1n) is 9.58. The third-order valence-corrected chi connectivity index (χ3v) is 5.78. The zero-order valence-corrected chi connectivity index (χ0v) is 17.0. The number of pyridine rings is 2. The molecule has 3 aromatic rings. The molecule has 1 atom stereocenters. The van der Waals surface area contributed by atoms with Crippen LogP contribution in [-0.4, -0.2) is 26.0 Å². The molecule has 0 saturated carbocycles. The number of aromatic amines is 1. The predicted octanol–water partition coefficient (Wildman–Crippen LogP) is 5.52. The van der Waals surface area contributed by atoms with Gasteiger partial charge in [0, 0.05) is 23.6 Å². The van der Waals surface area contributed by atoms with Crippen molar-refractivity contribution in [1.82, 2.24) is 15.0 Å². The lowest BCUT2D eigenvalue weighted by atomic mass is 9.73. The van der Waals surface area contributed by atoms with Gasteiger partial charge in [-0.3, -0.25) is 9.78 Å². The summed E-state index contributed by atoms with van der Waals surface area (Å²) in [6, 6.07) is 2.38. The van der Waals surface area contributed by atoms with Crippen molar-refractivity contribution in [3.8, 4) is 11.3 Å². The van der Waals surface area contributed by atoms with E-state index in [1.807, 2.05) is 20.8 Å². The smallest absolute Gasteiger partial charge is 0.303 e. The molecular formula is C22H22F2N4O2. The minimum atomic E-state index is -0.960. The Hall–Kier alpha value is -3.34. The molecule has 0 radical (unpaired) electrons. The summed E-state index contributed by atoms with van der Waals surface area (Å²) in [5.41, 5.74) is 0.803. The van der Waals surface area contributed by atoms with Crippen LogP contribution in [0.25, 0.3) is 27.1 Å². The molecule has 3 aromatic heterocycles. The van der Waals surface area contributed by atoms with Crippen LogP contribution in [0.2, 0.25) is 0 Å². The van der Waals surface area contributed by atoms with E-state index in [0.717, 1.165) is 12.3 Å². The molecule has 2 N–H and O–H groups in total. The Bertz CT molecular complexity index is 1150. The maximum absolute atomic E-state index is 14.8. The Morgan fingerprint density at radius 1 is 1.37 bits per heavy atom. The normalized spacial score (nSPS) is 12.7. The first kappa shape index (κ1) is 21.4. The highest BCUT2D eigenvalue weighted by molar-refractivity contribution is 5.95. The van der Waals surface area contributed by atoms with Gasteiger partial charge in [0.2, 0.25) is 5.69 Å². The number of nitrogens with one attached hydrogen (secondary N) is 1. The Kier molecular flexibility index (Phi) is 5.83. The van der Waals surface area contributed by atoms with E-state index in [1.54, 1.807) is 6.20 Å². The molecule has 0 aliphatic rings. The summed E-state index contributed by atoms with van der Waals surface area (Å²) < 4.78 is 28.5. The number of carbonyl (C=O) groups is 1. The molecular weight excluding hydrogens is 390 g/mol. The number of carboxylic acids is 1. The molecule has 1 unspecified atom stereocenters. The number of hydrogen-bond acceptors (Lipinski definition) is 3. The first-order chi connectivity index (χ1) is 14.2. The van der Waals surface area contributed by atoms with Crippen molar-refractivity contribution in [3.63, 3.8) is 0 Å². The lowest BCUT2D eigenvalue weighted by Gasteiger charge is -2.32. The van der Waals surface area contributed by atoms with Gasteiger partial charge in [0.05, 0.1) is 24.2 Å². The van der Waals surface area contributed by atoms with Crippen molar-refractivity contribution in [2.24, 2.45) is 11.3 Å². The summed E-state index contributed by atoms with van der Waals surface area (Å²) in [7, 11) is 0. The molecule has 0 fully saturated rings. The van der Waals surface area contributed by atoms with Crippen LogP contribution in [0.1, 0.15) is 39.3 Å². The molecule has 3 heterocycles. The average molecular weight is 412 g/mol. The third kappa shape index (κ3) is 4.15. The fourth-order valence-corrected chi connectivity index (χ4v) is 3.48. The number of fused-ring (bicyclic) bond motifs is 1. The van der Waals surface area contributed by atoms with Crippen LogP contribution in [0.4, 0.5) is 14.5 Å². The monoisotopic (exact) mass is 412 g/mol. The second kappa shape index (κ2) is 8.19. The molecule has 30 heavy (non-hydrogen) atoms. The van der Waals surface area contributed by atoms with Gasteiger partial charge in [-0.25, -0.2) is 18.6 Å². The van der Waals surface area contributed by atoms with E-state index in [4.69, 9.17) is 6.57 Å². The zero-order valence-electron chi connectivity index (χ0n) is 17.0. The quantitative estimate of drug-likeness (QED) is 0.500. The van der Waals surface area contributed by atoms with Gasteiger partial charge >= 0.3 is 5.97 Å². The SMILES string of the molecule is [C-]#[N+]c1cc(F)c(CC(CC(=O)O)C(C)(C)CC)nc1-c1c[nH]c2ncc(F)cc12. The van der Waals surface area contributed by atoms with E-state index in [1.165, 1.54) is 6.07 Å². The molecule has 0 bridgehead atoms. The maximum Gasteiger partial charge on any atom is 0.303 e. The van der Waals surface area contributed by atoms with Gasteiger partial charge in [-0.05, 0) is 29.9 Å². The van der Waals surface area contributed by atoms with Crippen LogP contribution < -0.4 is 0 Å². The number of aliphatic carboxylic acids is 1. The molecule has 0 aromatic carbocycles. The van der Waals surface area contributed by atoms with Gasteiger partial charge in [0.15, 0.2) is 0 Å². The fraction of sp³-hybridized carbons (Fsp3) is 0.364. The number of hydrogen-bond donors (Lipinski definition) is 2. The van der Waals surface area contributed by atoms with Gasteiger partial charge < -0.3 is 10.1 Å². The van der Waals surface area contributed by atoms with Crippen molar-refractivity contribution in [2.45, 2.75) is 40.0 Å². The van der Waals surface area contributed by atoms with Gasteiger partial charge in [-0.1, -0.05) is 27.2 Å². The van der Waals surface area contributed by atoms with Crippen LogP contribution in [0.3, 0.4) is 0 Å². The second-order valence-electron chi connectivity index (χ2n) is 7.99. The van der Waals surface area contributed by atoms with Crippen molar-refractivity contribution in [1.29, 1.82) is 0 Å². The molecule has 0 aliphatic carbocycles. The topological polar surface area (TPSA) is 83.2 Å². The predicted molar refractivity (Wildman–Crippen MR) is 109 cm³/mol. The fourth-order valence-electron chi connectivity index (χ4n) is 3.48. The number of aromatic nitrogens is 3. The number of halogens is 2. The molecule has 8 heteroatoms. The van der Waals surface area contributed by atoms with Crippen molar-refractivity contribution < 1.29 is 18.7 Å². The molecule has 0 saturated heterocycles. The zero-order chi connectivity index (χ0) is 22.1. The minimum absolute atomic E-state index is 0.00838. The highest BCUT2D eigenvalue weighted by Crippen LogP contribution is 2.38. The number of rotatable bonds is 7. The van der Waals surface area contributed by atoms with Gasteiger partial charge in [0.25, 0.3) is 0 Å². The first-order valence-corrected chi connectivity index (χ1v) is 9.58. The van der Waals surface area contributed by atoms with Crippen LogP contribution in [0, 0.1) is 29.5 Å². The van der Waals surface area contributed by atoms with Crippen LogP contribution in [0.15, 0.2) is 24.5 Å². The van der Waals surface area contributed by atoms with Crippen LogP contribution >= 0.6 is 0 Å². The van der Waals surface area contributed by atoms with E-state index >= 15 is 0 Å². The van der Waals surface area contributed by atoms with E-state index in [0.29, 0.717) is 23.0 Å². The minimum Gasteiger partial charge on any atom is -0.481 e. The van der Waals surface area contributed by atoms with Gasteiger partial charge in [0.1, 0.15) is 17.3 Å². The lowest BCUT2D eigenvalue weighted by molar-refractivity contribution is -0.139.